The van der Waals surface area contributed by atoms with Crippen molar-refractivity contribution in [2.45, 2.75) is 25.8 Å². The number of benzene rings is 1. The van der Waals surface area contributed by atoms with E-state index in [4.69, 9.17) is 11.6 Å². The van der Waals surface area contributed by atoms with Crippen LogP contribution in [0.2, 0.25) is 5.02 Å². The smallest absolute Gasteiger partial charge is 0.150 e. The minimum Gasteiger partial charge on any atom is -0.313 e. The molecule has 0 spiro atoms. The van der Waals surface area contributed by atoms with E-state index in [1.54, 1.807) is 20.0 Å². The van der Waals surface area contributed by atoms with E-state index in [2.05, 4.69) is 5.32 Å². The van der Waals surface area contributed by atoms with E-state index in [0.29, 0.717) is 23.4 Å². The zero-order valence-electron chi connectivity index (χ0n) is 11.1. The van der Waals surface area contributed by atoms with Gasteiger partial charge >= 0.3 is 0 Å². The van der Waals surface area contributed by atoms with Gasteiger partial charge in [-0.2, -0.15) is 0 Å². The second-order valence-corrected chi connectivity index (χ2v) is 7.29. The van der Waals surface area contributed by atoms with E-state index in [0.717, 1.165) is 0 Å². The van der Waals surface area contributed by atoms with Crippen LogP contribution in [0.15, 0.2) is 18.2 Å². The van der Waals surface area contributed by atoms with Gasteiger partial charge in [-0.05, 0) is 38.1 Å². The van der Waals surface area contributed by atoms with Crippen molar-refractivity contribution in [1.29, 1.82) is 0 Å². The molecular weight excluding hydrogens is 289 g/mol. The summed E-state index contributed by atoms with van der Waals surface area (Å²) in [5.41, 5.74) is 0.476. The summed E-state index contributed by atoms with van der Waals surface area (Å²) in [4.78, 5) is 0. The van der Waals surface area contributed by atoms with E-state index in [-0.39, 0.29) is 23.4 Å². The van der Waals surface area contributed by atoms with Crippen molar-refractivity contribution in [3.05, 3.63) is 34.6 Å². The van der Waals surface area contributed by atoms with E-state index in [1.165, 1.54) is 12.1 Å². The molecule has 1 aromatic carbocycles. The summed E-state index contributed by atoms with van der Waals surface area (Å²) >= 11 is 5.86. The van der Waals surface area contributed by atoms with Crippen LogP contribution in [-0.4, -0.2) is 27.0 Å². The number of hydrogen-bond donors (Lipinski definition) is 1. The van der Waals surface area contributed by atoms with Gasteiger partial charge in [0.1, 0.15) is 15.7 Å². The van der Waals surface area contributed by atoms with Gasteiger partial charge < -0.3 is 5.32 Å². The van der Waals surface area contributed by atoms with Crippen molar-refractivity contribution >= 4 is 21.4 Å². The van der Waals surface area contributed by atoms with Gasteiger partial charge in [0.25, 0.3) is 0 Å². The molecule has 0 radical (unpaired) electrons. The highest BCUT2D eigenvalue weighted by Crippen LogP contribution is 2.24. The molecule has 3 nitrogen and oxygen atoms in total. The van der Waals surface area contributed by atoms with E-state index < -0.39 is 9.84 Å². The molecule has 19 heavy (non-hydrogen) atoms. The van der Waals surface area contributed by atoms with Crippen LogP contribution in [0, 0.1) is 5.82 Å². The Labute approximate surface area is 119 Å². The lowest BCUT2D eigenvalue weighted by molar-refractivity contribution is 0.502. The Balaban J connectivity index is 2.71. The van der Waals surface area contributed by atoms with Crippen molar-refractivity contribution < 1.29 is 12.8 Å². The summed E-state index contributed by atoms with van der Waals surface area (Å²) in [5, 5.41) is 3.47. The number of hydrogen-bond acceptors (Lipinski definition) is 3. The first-order valence-electron chi connectivity index (χ1n) is 6.22. The van der Waals surface area contributed by atoms with Crippen LogP contribution < -0.4 is 5.32 Å². The van der Waals surface area contributed by atoms with Gasteiger partial charge in [0, 0.05) is 22.4 Å². The summed E-state index contributed by atoms with van der Waals surface area (Å²) in [5.74, 6) is -0.0609. The Hall–Kier alpha value is -0.650. The lowest BCUT2D eigenvalue weighted by atomic mass is 10.0. The van der Waals surface area contributed by atoms with Gasteiger partial charge in [0.15, 0.2) is 0 Å². The molecule has 1 rings (SSSR count). The van der Waals surface area contributed by atoms with Crippen LogP contribution >= 0.6 is 11.6 Å². The summed E-state index contributed by atoms with van der Waals surface area (Å²) < 4.78 is 36.5. The molecule has 0 aromatic heterocycles. The summed E-state index contributed by atoms with van der Waals surface area (Å²) in [6.45, 7) is 1.63. The standard InChI is InChI=1S/C13H19ClFNO2S/c1-3-19(17,18)8-4-5-13(16-2)11-9-10(14)6-7-12(11)15/h6-7,9,13,16H,3-5,8H2,1-2H3. The SMILES string of the molecule is CCS(=O)(=O)CCCC(NC)c1cc(Cl)ccc1F. The predicted molar refractivity (Wildman–Crippen MR) is 76.8 cm³/mol. The molecule has 0 fully saturated rings. The first-order chi connectivity index (χ1) is 8.89. The van der Waals surface area contributed by atoms with Gasteiger partial charge in [0.2, 0.25) is 0 Å². The third-order valence-corrected chi connectivity index (χ3v) is 5.10. The monoisotopic (exact) mass is 307 g/mol. The van der Waals surface area contributed by atoms with Gasteiger partial charge in [-0.3, -0.25) is 0 Å². The summed E-state index contributed by atoms with van der Waals surface area (Å²) in [6.07, 6.45) is 1.04. The molecular formula is C13H19ClFNO2S. The maximum atomic E-state index is 13.7. The second-order valence-electron chi connectivity index (χ2n) is 4.39. The Morgan fingerprint density at radius 2 is 2.11 bits per heavy atom. The van der Waals surface area contributed by atoms with Crippen molar-refractivity contribution in [2.24, 2.45) is 0 Å². The van der Waals surface area contributed by atoms with Gasteiger partial charge in [-0.1, -0.05) is 18.5 Å². The molecule has 0 bridgehead atoms. The molecule has 0 amide bonds. The lowest BCUT2D eigenvalue weighted by Gasteiger charge is -2.17. The quantitative estimate of drug-likeness (QED) is 0.842. The largest absolute Gasteiger partial charge is 0.313 e. The Morgan fingerprint density at radius 3 is 2.68 bits per heavy atom. The zero-order valence-corrected chi connectivity index (χ0v) is 12.7. The minimum atomic E-state index is -2.97. The second kappa shape index (κ2) is 7.22. The van der Waals surface area contributed by atoms with Gasteiger partial charge in [-0.25, -0.2) is 12.8 Å². The van der Waals surface area contributed by atoms with E-state index >= 15 is 0 Å². The molecule has 0 saturated heterocycles. The number of rotatable bonds is 7. The number of halogens is 2. The predicted octanol–water partition coefficient (Wildman–Crippen LogP) is 2.95. The van der Waals surface area contributed by atoms with E-state index in [1.807, 2.05) is 0 Å². The van der Waals surface area contributed by atoms with Crippen LogP contribution in [0.3, 0.4) is 0 Å². The summed E-state index contributed by atoms with van der Waals surface area (Å²) in [6, 6.07) is 4.16. The highest BCUT2D eigenvalue weighted by Gasteiger charge is 2.16. The third kappa shape index (κ3) is 5.09. The van der Waals surface area contributed by atoms with Crippen molar-refractivity contribution in [3.8, 4) is 0 Å². The van der Waals surface area contributed by atoms with Gasteiger partial charge in [0.05, 0.1) is 5.75 Å². The number of nitrogens with one attached hydrogen (secondary N) is 1. The van der Waals surface area contributed by atoms with Crippen molar-refractivity contribution in [3.63, 3.8) is 0 Å². The average Bonchev–Trinajstić information content (AvgIpc) is 2.38. The first kappa shape index (κ1) is 16.4. The molecule has 1 unspecified atom stereocenters. The Kier molecular flexibility index (Phi) is 6.23. The fourth-order valence-corrected chi connectivity index (χ4v) is 2.96. The highest BCUT2D eigenvalue weighted by molar-refractivity contribution is 7.91. The van der Waals surface area contributed by atoms with Crippen LogP contribution in [0.25, 0.3) is 0 Å². The van der Waals surface area contributed by atoms with Crippen molar-refractivity contribution in [1.82, 2.24) is 5.32 Å². The van der Waals surface area contributed by atoms with E-state index in [9.17, 15) is 12.8 Å². The fourth-order valence-electron chi connectivity index (χ4n) is 1.89. The molecule has 0 aliphatic rings. The Bertz CT molecular complexity index is 519. The van der Waals surface area contributed by atoms with Crippen LogP contribution in [0.5, 0.6) is 0 Å². The normalized spacial score (nSPS) is 13.5. The van der Waals surface area contributed by atoms with Crippen molar-refractivity contribution in [2.75, 3.05) is 18.6 Å². The van der Waals surface area contributed by atoms with Crippen LogP contribution in [0.1, 0.15) is 31.4 Å². The maximum Gasteiger partial charge on any atom is 0.150 e. The molecule has 1 aromatic rings. The minimum absolute atomic E-state index is 0.129. The molecule has 0 aliphatic heterocycles. The van der Waals surface area contributed by atoms with Crippen LogP contribution in [0.4, 0.5) is 4.39 Å². The topological polar surface area (TPSA) is 46.2 Å². The zero-order chi connectivity index (χ0) is 14.5. The molecule has 0 heterocycles. The average molecular weight is 308 g/mol. The highest BCUT2D eigenvalue weighted by atomic mass is 35.5. The molecule has 1 N–H and O–H groups in total. The number of sulfone groups is 1. The molecule has 0 aliphatic carbocycles. The van der Waals surface area contributed by atoms with Crippen LogP contribution in [-0.2, 0) is 9.84 Å². The molecule has 6 heteroatoms. The van der Waals surface area contributed by atoms with Gasteiger partial charge in [-0.15, -0.1) is 0 Å². The third-order valence-electron chi connectivity index (χ3n) is 3.07. The Morgan fingerprint density at radius 1 is 1.42 bits per heavy atom. The fraction of sp³-hybridized carbons (Fsp3) is 0.538. The maximum absolute atomic E-state index is 13.7. The molecule has 1 atom stereocenters. The molecule has 108 valence electrons. The summed E-state index contributed by atoms with van der Waals surface area (Å²) in [7, 11) is -1.25. The lowest BCUT2D eigenvalue weighted by Crippen LogP contribution is -2.19. The first-order valence-corrected chi connectivity index (χ1v) is 8.42. The molecule has 0 saturated carbocycles.